The monoisotopic (exact) mass is 376 g/mol. The maximum Gasteiger partial charge on any atom is 0.230 e. The smallest absolute Gasteiger partial charge is 0.230 e. The van der Waals surface area contributed by atoms with Crippen LogP contribution < -0.4 is 5.32 Å². The van der Waals surface area contributed by atoms with Crippen LogP contribution in [0.1, 0.15) is 11.3 Å². The summed E-state index contributed by atoms with van der Waals surface area (Å²) in [6, 6.07) is 12.9. The quantitative estimate of drug-likeness (QED) is 0.642. The molecule has 24 heavy (non-hydrogen) atoms. The summed E-state index contributed by atoms with van der Waals surface area (Å²) in [5.74, 6) is -0.128. The highest BCUT2D eigenvalue weighted by Crippen LogP contribution is 2.30. The number of halogens is 2. The van der Waals surface area contributed by atoms with E-state index in [0.717, 1.165) is 16.1 Å². The zero-order valence-corrected chi connectivity index (χ0v) is 15.2. The largest absolute Gasteiger partial charge is 0.325 e. The molecule has 0 aliphatic heterocycles. The predicted octanol–water partition coefficient (Wildman–Crippen LogP) is 5.61. The summed E-state index contributed by atoms with van der Waals surface area (Å²) in [5, 5.41) is 6.80. The summed E-state index contributed by atoms with van der Waals surface area (Å²) >= 11 is 13.6. The molecular weight excluding hydrogens is 363 g/mol. The standard InChI is InChI=1S/C18H14Cl2N2OS/c1-11-6-7-12(19)8-16(11)22-17(23)9-13-10-24-18(21-13)14-4-2-3-5-15(14)20/h2-8,10H,9H2,1H3,(H,22,23). The van der Waals surface area contributed by atoms with Gasteiger partial charge in [0, 0.05) is 21.7 Å². The third-order valence-electron chi connectivity index (χ3n) is 3.47. The van der Waals surface area contributed by atoms with Gasteiger partial charge in [-0.2, -0.15) is 0 Å². The molecular formula is C18H14Cl2N2OS. The lowest BCUT2D eigenvalue weighted by atomic mass is 10.2. The molecule has 1 aromatic heterocycles. The molecule has 3 aromatic rings. The third kappa shape index (κ3) is 3.96. The molecule has 122 valence electrons. The molecule has 3 rings (SSSR count). The minimum absolute atomic E-state index is 0.128. The molecule has 0 radical (unpaired) electrons. The lowest BCUT2D eigenvalue weighted by Crippen LogP contribution is -2.15. The number of hydrogen-bond donors (Lipinski definition) is 1. The lowest BCUT2D eigenvalue weighted by Gasteiger charge is -2.08. The van der Waals surface area contributed by atoms with Gasteiger partial charge in [0.25, 0.3) is 0 Å². The fraction of sp³-hybridized carbons (Fsp3) is 0.111. The Morgan fingerprint density at radius 1 is 1.21 bits per heavy atom. The number of carbonyl (C=O) groups excluding carboxylic acids is 1. The SMILES string of the molecule is Cc1ccc(Cl)cc1NC(=O)Cc1csc(-c2ccccc2Cl)n1. The van der Waals surface area contributed by atoms with Gasteiger partial charge in [-0.25, -0.2) is 4.98 Å². The first-order chi connectivity index (χ1) is 11.5. The second-order valence-electron chi connectivity index (χ2n) is 5.31. The molecule has 1 N–H and O–H groups in total. The number of aromatic nitrogens is 1. The summed E-state index contributed by atoms with van der Waals surface area (Å²) < 4.78 is 0. The van der Waals surface area contributed by atoms with Crippen molar-refractivity contribution in [3.63, 3.8) is 0 Å². The van der Waals surface area contributed by atoms with Gasteiger partial charge in [-0.3, -0.25) is 4.79 Å². The van der Waals surface area contributed by atoms with E-state index in [1.54, 1.807) is 12.1 Å². The van der Waals surface area contributed by atoms with Crippen molar-refractivity contribution in [2.45, 2.75) is 13.3 Å². The first-order valence-electron chi connectivity index (χ1n) is 7.28. The number of carbonyl (C=O) groups is 1. The number of thiazole rings is 1. The van der Waals surface area contributed by atoms with Crippen molar-refractivity contribution in [3.05, 3.63) is 69.1 Å². The van der Waals surface area contributed by atoms with Crippen molar-refractivity contribution in [1.29, 1.82) is 0 Å². The van der Waals surface area contributed by atoms with E-state index in [1.807, 2.05) is 42.6 Å². The number of nitrogens with zero attached hydrogens (tertiary/aromatic N) is 1. The molecule has 0 atom stereocenters. The minimum atomic E-state index is -0.128. The second-order valence-corrected chi connectivity index (χ2v) is 7.01. The Bertz CT molecular complexity index is 892. The number of nitrogens with one attached hydrogen (secondary N) is 1. The number of hydrogen-bond acceptors (Lipinski definition) is 3. The van der Waals surface area contributed by atoms with Crippen molar-refractivity contribution >= 4 is 46.1 Å². The Labute approximate surface area is 154 Å². The Kier molecular flexibility index (Phi) is 5.19. The molecule has 1 amide bonds. The molecule has 1 heterocycles. The van der Waals surface area contributed by atoms with Crippen LogP contribution in [0.15, 0.2) is 47.8 Å². The minimum Gasteiger partial charge on any atom is -0.325 e. The van der Waals surface area contributed by atoms with Crippen LogP contribution in [0.4, 0.5) is 5.69 Å². The van der Waals surface area contributed by atoms with Crippen LogP contribution in [-0.4, -0.2) is 10.9 Å². The second kappa shape index (κ2) is 7.34. The Morgan fingerprint density at radius 3 is 2.79 bits per heavy atom. The Morgan fingerprint density at radius 2 is 2.00 bits per heavy atom. The van der Waals surface area contributed by atoms with E-state index >= 15 is 0 Å². The van der Waals surface area contributed by atoms with Crippen molar-refractivity contribution < 1.29 is 4.79 Å². The first kappa shape index (κ1) is 17.0. The van der Waals surface area contributed by atoms with E-state index in [0.29, 0.717) is 21.4 Å². The fourth-order valence-electron chi connectivity index (χ4n) is 2.23. The average Bonchev–Trinajstić information content (AvgIpc) is 2.99. The summed E-state index contributed by atoms with van der Waals surface area (Å²) in [4.78, 5) is 16.8. The van der Waals surface area contributed by atoms with E-state index in [-0.39, 0.29) is 12.3 Å². The van der Waals surface area contributed by atoms with Gasteiger partial charge in [-0.15, -0.1) is 11.3 Å². The molecule has 0 fully saturated rings. The third-order valence-corrected chi connectivity index (χ3v) is 4.96. The predicted molar refractivity (Wildman–Crippen MR) is 101 cm³/mol. The van der Waals surface area contributed by atoms with Crippen LogP contribution in [0.3, 0.4) is 0 Å². The van der Waals surface area contributed by atoms with Crippen LogP contribution in [0.5, 0.6) is 0 Å². The van der Waals surface area contributed by atoms with Gasteiger partial charge in [-0.05, 0) is 30.7 Å². The molecule has 0 unspecified atom stereocenters. The van der Waals surface area contributed by atoms with Gasteiger partial charge < -0.3 is 5.32 Å². The number of amides is 1. The average molecular weight is 377 g/mol. The molecule has 0 spiro atoms. The molecule has 0 bridgehead atoms. The van der Waals surface area contributed by atoms with Crippen molar-refractivity contribution in [2.24, 2.45) is 0 Å². The topological polar surface area (TPSA) is 42.0 Å². The summed E-state index contributed by atoms with van der Waals surface area (Å²) in [6.45, 7) is 1.92. The highest BCUT2D eigenvalue weighted by atomic mass is 35.5. The Balaban J connectivity index is 1.72. The van der Waals surface area contributed by atoms with Crippen LogP contribution in [0, 0.1) is 6.92 Å². The van der Waals surface area contributed by atoms with Crippen LogP contribution in [0.25, 0.3) is 10.6 Å². The molecule has 0 aliphatic rings. The van der Waals surface area contributed by atoms with Gasteiger partial charge in [-0.1, -0.05) is 47.5 Å². The van der Waals surface area contributed by atoms with Gasteiger partial charge in [0.2, 0.25) is 5.91 Å². The maximum absolute atomic E-state index is 12.2. The summed E-state index contributed by atoms with van der Waals surface area (Å²) in [5.41, 5.74) is 3.27. The molecule has 0 aliphatic carbocycles. The van der Waals surface area contributed by atoms with Gasteiger partial charge in [0.15, 0.2) is 0 Å². The number of rotatable bonds is 4. The van der Waals surface area contributed by atoms with E-state index in [4.69, 9.17) is 23.2 Å². The zero-order chi connectivity index (χ0) is 17.1. The summed E-state index contributed by atoms with van der Waals surface area (Å²) in [7, 11) is 0. The molecule has 6 heteroatoms. The van der Waals surface area contributed by atoms with Gasteiger partial charge in [0.1, 0.15) is 5.01 Å². The highest BCUT2D eigenvalue weighted by Gasteiger charge is 2.12. The normalized spacial score (nSPS) is 10.6. The fourth-order valence-corrected chi connectivity index (χ4v) is 3.55. The molecule has 2 aromatic carbocycles. The number of aryl methyl sites for hydroxylation is 1. The molecule has 0 saturated carbocycles. The van der Waals surface area contributed by atoms with Crippen molar-refractivity contribution in [2.75, 3.05) is 5.32 Å². The van der Waals surface area contributed by atoms with Crippen LogP contribution >= 0.6 is 34.5 Å². The zero-order valence-electron chi connectivity index (χ0n) is 12.8. The van der Waals surface area contributed by atoms with E-state index in [1.165, 1.54) is 11.3 Å². The number of benzene rings is 2. The van der Waals surface area contributed by atoms with Crippen LogP contribution in [-0.2, 0) is 11.2 Å². The van der Waals surface area contributed by atoms with Crippen molar-refractivity contribution in [3.8, 4) is 10.6 Å². The van der Waals surface area contributed by atoms with E-state index < -0.39 is 0 Å². The highest BCUT2D eigenvalue weighted by molar-refractivity contribution is 7.13. The van der Waals surface area contributed by atoms with E-state index in [2.05, 4.69) is 10.3 Å². The lowest BCUT2D eigenvalue weighted by molar-refractivity contribution is -0.115. The molecule has 0 saturated heterocycles. The number of anilines is 1. The summed E-state index contributed by atoms with van der Waals surface area (Å²) in [6.07, 6.45) is 0.201. The van der Waals surface area contributed by atoms with Gasteiger partial charge >= 0.3 is 0 Å². The van der Waals surface area contributed by atoms with Crippen molar-refractivity contribution in [1.82, 2.24) is 4.98 Å². The van der Waals surface area contributed by atoms with Crippen LogP contribution in [0.2, 0.25) is 10.0 Å². The Hall–Kier alpha value is -1.88. The first-order valence-corrected chi connectivity index (χ1v) is 8.92. The van der Waals surface area contributed by atoms with Gasteiger partial charge in [0.05, 0.1) is 17.1 Å². The maximum atomic E-state index is 12.2. The van der Waals surface area contributed by atoms with E-state index in [9.17, 15) is 4.79 Å². The molecule has 3 nitrogen and oxygen atoms in total.